The summed E-state index contributed by atoms with van der Waals surface area (Å²) in [5, 5.41) is 0.927. The summed E-state index contributed by atoms with van der Waals surface area (Å²) in [4.78, 5) is 14.5. The molecule has 1 heterocycles. The molecule has 0 aliphatic carbocycles. The van der Waals surface area contributed by atoms with Crippen molar-refractivity contribution in [3.63, 3.8) is 0 Å². The zero-order valence-electron chi connectivity index (χ0n) is 11.5. The van der Waals surface area contributed by atoms with Crippen LogP contribution in [0.25, 0.3) is 22.0 Å². The summed E-state index contributed by atoms with van der Waals surface area (Å²) in [5.41, 5.74) is 15.1. The van der Waals surface area contributed by atoms with Crippen molar-refractivity contribution in [2.45, 2.75) is 0 Å². The molecule has 3 rings (SSSR count). The molecule has 5 N–H and O–H groups in total. The average molecular weight is 281 g/mol. The third-order valence-electron chi connectivity index (χ3n) is 3.53. The number of nitrogens with two attached hydrogens (primary N) is 2. The van der Waals surface area contributed by atoms with Crippen LogP contribution in [0, 0.1) is 0 Å². The first kappa shape index (κ1) is 13.1. The maximum Gasteiger partial charge on any atom is 0.250 e. The number of anilines is 1. The lowest BCUT2D eigenvalue weighted by Crippen LogP contribution is -2.11. The number of rotatable bonds is 3. The maximum atomic E-state index is 11.5. The molecule has 5 nitrogen and oxygen atoms in total. The Morgan fingerprint density at radius 3 is 2.67 bits per heavy atom. The smallest absolute Gasteiger partial charge is 0.250 e. The van der Waals surface area contributed by atoms with Gasteiger partial charge in [-0.15, -0.1) is 0 Å². The van der Waals surface area contributed by atoms with Gasteiger partial charge >= 0.3 is 0 Å². The lowest BCUT2D eigenvalue weighted by Gasteiger charge is -2.09. The molecule has 0 radical (unpaired) electrons. The predicted molar refractivity (Wildman–Crippen MR) is 83.2 cm³/mol. The van der Waals surface area contributed by atoms with Crippen molar-refractivity contribution in [1.82, 2.24) is 4.98 Å². The minimum Gasteiger partial charge on any atom is -0.495 e. The molecule has 0 spiro atoms. The van der Waals surface area contributed by atoms with Gasteiger partial charge in [-0.25, -0.2) is 0 Å². The van der Waals surface area contributed by atoms with Gasteiger partial charge in [0.25, 0.3) is 5.91 Å². The van der Waals surface area contributed by atoms with E-state index in [9.17, 15) is 4.79 Å². The Morgan fingerprint density at radius 1 is 1.19 bits per heavy atom. The zero-order valence-corrected chi connectivity index (χ0v) is 11.5. The molecule has 0 unspecified atom stereocenters. The second-order valence-corrected chi connectivity index (χ2v) is 4.75. The van der Waals surface area contributed by atoms with Gasteiger partial charge in [0.2, 0.25) is 0 Å². The van der Waals surface area contributed by atoms with Crippen molar-refractivity contribution in [3.05, 3.63) is 48.2 Å². The molecular weight excluding hydrogens is 266 g/mol. The van der Waals surface area contributed by atoms with Crippen LogP contribution in [0.15, 0.2) is 42.6 Å². The third-order valence-corrected chi connectivity index (χ3v) is 3.53. The summed E-state index contributed by atoms with van der Waals surface area (Å²) in [6, 6.07) is 11.1. The van der Waals surface area contributed by atoms with Gasteiger partial charge in [-0.3, -0.25) is 4.79 Å². The molecule has 0 aliphatic rings. The van der Waals surface area contributed by atoms with E-state index in [0.29, 0.717) is 17.0 Å². The number of benzene rings is 2. The first-order chi connectivity index (χ1) is 10.1. The first-order valence-electron chi connectivity index (χ1n) is 6.45. The number of hydrogen-bond donors (Lipinski definition) is 3. The summed E-state index contributed by atoms with van der Waals surface area (Å²) >= 11 is 0. The number of nitrogens with one attached hydrogen (secondary N) is 1. The van der Waals surface area contributed by atoms with E-state index < -0.39 is 5.91 Å². The van der Waals surface area contributed by atoms with E-state index in [1.165, 1.54) is 0 Å². The van der Waals surface area contributed by atoms with Crippen molar-refractivity contribution in [2.24, 2.45) is 5.73 Å². The van der Waals surface area contributed by atoms with Gasteiger partial charge in [0.05, 0.1) is 23.9 Å². The van der Waals surface area contributed by atoms with Crippen LogP contribution in [-0.2, 0) is 0 Å². The van der Waals surface area contributed by atoms with Gasteiger partial charge in [-0.1, -0.05) is 12.1 Å². The van der Waals surface area contributed by atoms with Crippen molar-refractivity contribution in [3.8, 4) is 16.9 Å². The Morgan fingerprint density at radius 2 is 2.00 bits per heavy atom. The van der Waals surface area contributed by atoms with Gasteiger partial charge in [0.15, 0.2) is 0 Å². The Labute approximate surface area is 121 Å². The van der Waals surface area contributed by atoms with Crippen LogP contribution >= 0.6 is 0 Å². The monoisotopic (exact) mass is 281 g/mol. The summed E-state index contributed by atoms with van der Waals surface area (Å²) in [6.07, 6.45) is 1.79. The van der Waals surface area contributed by atoms with Gasteiger partial charge in [-0.2, -0.15) is 0 Å². The normalized spacial score (nSPS) is 10.7. The highest BCUT2D eigenvalue weighted by molar-refractivity contribution is 6.09. The minimum atomic E-state index is -0.455. The lowest BCUT2D eigenvalue weighted by molar-refractivity contribution is 0.100. The number of carbonyl (C=O) groups excluding carboxylic acids is 1. The number of aromatic nitrogens is 1. The Bertz CT molecular complexity index is 837. The molecule has 0 saturated carbocycles. The molecule has 106 valence electrons. The van der Waals surface area contributed by atoms with Crippen molar-refractivity contribution in [2.75, 3.05) is 12.8 Å². The van der Waals surface area contributed by atoms with Crippen LogP contribution in [-0.4, -0.2) is 18.0 Å². The molecule has 1 aromatic heterocycles. The van der Waals surface area contributed by atoms with Crippen molar-refractivity contribution < 1.29 is 9.53 Å². The number of primary amides is 1. The van der Waals surface area contributed by atoms with Crippen molar-refractivity contribution >= 4 is 22.5 Å². The van der Waals surface area contributed by atoms with Crippen LogP contribution in [0.2, 0.25) is 0 Å². The number of aromatic amines is 1. The number of H-pyrrole nitrogens is 1. The number of carbonyl (C=O) groups is 1. The maximum absolute atomic E-state index is 11.5. The van der Waals surface area contributed by atoms with E-state index >= 15 is 0 Å². The Balaban J connectivity index is 2.22. The van der Waals surface area contributed by atoms with Crippen LogP contribution in [0.1, 0.15) is 10.4 Å². The van der Waals surface area contributed by atoms with Gasteiger partial charge < -0.3 is 21.2 Å². The molecular formula is C16H15N3O2. The average Bonchev–Trinajstić information content (AvgIpc) is 2.95. The molecule has 0 saturated heterocycles. The zero-order chi connectivity index (χ0) is 15.0. The number of nitrogen functional groups attached to an aromatic ring is 1. The highest BCUT2D eigenvalue weighted by Gasteiger charge is 2.12. The number of amides is 1. The lowest BCUT2D eigenvalue weighted by atomic mass is 9.98. The highest BCUT2D eigenvalue weighted by atomic mass is 16.5. The van der Waals surface area contributed by atoms with Crippen LogP contribution in [0.4, 0.5) is 5.69 Å². The molecule has 0 aliphatic heterocycles. The molecule has 21 heavy (non-hydrogen) atoms. The second-order valence-electron chi connectivity index (χ2n) is 4.75. The minimum absolute atomic E-state index is 0.455. The van der Waals surface area contributed by atoms with E-state index in [1.807, 2.05) is 30.3 Å². The summed E-state index contributed by atoms with van der Waals surface area (Å²) in [5.74, 6) is 0.182. The molecule has 1 amide bonds. The molecule has 0 bridgehead atoms. The van der Waals surface area contributed by atoms with E-state index in [2.05, 4.69) is 4.98 Å². The van der Waals surface area contributed by atoms with Crippen LogP contribution < -0.4 is 16.2 Å². The number of ether oxygens (including phenoxy) is 1. The third kappa shape index (κ3) is 2.08. The van der Waals surface area contributed by atoms with Gasteiger partial charge in [0, 0.05) is 11.6 Å². The van der Waals surface area contributed by atoms with Crippen LogP contribution in [0.5, 0.6) is 5.75 Å². The highest BCUT2D eigenvalue weighted by Crippen LogP contribution is 2.33. The summed E-state index contributed by atoms with van der Waals surface area (Å²) in [7, 11) is 1.58. The summed E-state index contributed by atoms with van der Waals surface area (Å²) < 4.78 is 5.17. The Kier molecular flexibility index (Phi) is 3.02. The molecule has 0 atom stereocenters. The number of methoxy groups -OCH3 is 1. The molecule has 5 heteroatoms. The first-order valence-corrected chi connectivity index (χ1v) is 6.45. The van der Waals surface area contributed by atoms with Crippen molar-refractivity contribution in [1.29, 1.82) is 0 Å². The Hall–Kier alpha value is -2.95. The predicted octanol–water partition coefficient (Wildman–Crippen LogP) is 2.52. The number of fused-ring (bicyclic) bond motifs is 1. The molecule has 3 aromatic rings. The topological polar surface area (TPSA) is 94.1 Å². The molecule has 0 fully saturated rings. The van der Waals surface area contributed by atoms with E-state index in [4.69, 9.17) is 16.2 Å². The van der Waals surface area contributed by atoms with Gasteiger partial charge in [-0.05, 0) is 35.4 Å². The fraction of sp³-hybridized carbons (Fsp3) is 0.0625. The van der Waals surface area contributed by atoms with Gasteiger partial charge in [0.1, 0.15) is 5.75 Å². The SMILES string of the molecule is COc1ccc(-c2ccc(C(N)=O)c3[nH]ccc23)cc1N. The van der Waals surface area contributed by atoms with Crippen LogP contribution in [0.3, 0.4) is 0 Å². The van der Waals surface area contributed by atoms with E-state index in [0.717, 1.165) is 22.0 Å². The fourth-order valence-electron chi connectivity index (χ4n) is 2.52. The molecule has 2 aromatic carbocycles. The largest absolute Gasteiger partial charge is 0.495 e. The van der Waals surface area contributed by atoms with E-state index in [1.54, 1.807) is 19.4 Å². The fourth-order valence-corrected chi connectivity index (χ4v) is 2.52. The second kappa shape index (κ2) is 4.86. The standard InChI is InChI=1S/C16H15N3O2/c1-21-14-5-2-9(8-13(14)17)10-3-4-12(16(18)20)15-11(10)6-7-19-15/h2-8,19H,17H2,1H3,(H2,18,20). The number of hydrogen-bond acceptors (Lipinski definition) is 3. The van der Waals surface area contributed by atoms with E-state index in [-0.39, 0.29) is 0 Å². The summed E-state index contributed by atoms with van der Waals surface area (Å²) in [6.45, 7) is 0. The quantitative estimate of drug-likeness (QED) is 0.644.